The van der Waals surface area contributed by atoms with Gasteiger partial charge in [-0.3, -0.25) is 0 Å². The van der Waals surface area contributed by atoms with Crippen LogP contribution in [-0.2, 0) is 9.84 Å². The summed E-state index contributed by atoms with van der Waals surface area (Å²) in [5.41, 5.74) is 0. The van der Waals surface area contributed by atoms with Gasteiger partial charge in [0.1, 0.15) is 0 Å². The van der Waals surface area contributed by atoms with Gasteiger partial charge in [-0.15, -0.1) is 6.42 Å². The minimum absolute atomic E-state index is 0.0982. The molecule has 0 radical (unpaired) electrons. The summed E-state index contributed by atoms with van der Waals surface area (Å²) in [4.78, 5) is 0. The number of nitrogens with one attached hydrogen (secondary N) is 1. The van der Waals surface area contributed by atoms with Crippen molar-refractivity contribution in [2.75, 3.05) is 18.1 Å². The second-order valence-corrected chi connectivity index (χ2v) is 4.51. The Morgan fingerprint density at radius 3 is 2.60 bits per heavy atom. The first-order chi connectivity index (χ1) is 4.64. The smallest absolute Gasteiger partial charge is 0.153 e. The second kappa shape index (κ2) is 2.60. The van der Waals surface area contributed by atoms with Gasteiger partial charge < -0.3 is 5.32 Å². The lowest BCUT2D eigenvalue weighted by Crippen LogP contribution is -2.50. The largest absolute Gasteiger partial charge is 0.301 e. The molecule has 1 aliphatic heterocycles. The van der Waals surface area contributed by atoms with E-state index in [-0.39, 0.29) is 17.5 Å². The van der Waals surface area contributed by atoms with Crippen LogP contribution in [0.3, 0.4) is 0 Å². The molecule has 0 aromatic rings. The zero-order valence-electron chi connectivity index (χ0n) is 5.50. The summed E-state index contributed by atoms with van der Waals surface area (Å²) >= 11 is 0. The van der Waals surface area contributed by atoms with E-state index in [1.165, 1.54) is 0 Å². The van der Waals surface area contributed by atoms with Crippen molar-refractivity contribution in [2.45, 2.75) is 6.04 Å². The van der Waals surface area contributed by atoms with Gasteiger partial charge in [-0.25, -0.2) is 8.42 Å². The van der Waals surface area contributed by atoms with Gasteiger partial charge >= 0.3 is 0 Å². The van der Waals surface area contributed by atoms with Gasteiger partial charge in [0.25, 0.3) is 0 Å². The Morgan fingerprint density at radius 1 is 1.60 bits per heavy atom. The van der Waals surface area contributed by atoms with E-state index in [0.717, 1.165) is 0 Å². The second-order valence-electron chi connectivity index (χ2n) is 2.36. The summed E-state index contributed by atoms with van der Waals surface area (Å²) in [6.07, 6.45) is 4.96. The van der Waals surface area contributed by atoms with Crippen molar-refractivity contribution in [1.29, 1.82) is 0 Å². The van der Waals surface area contributed by atoms with Crippen molar-refractivity contribution in [2.24, 2.45) is 0 Å². The van der Waals surface area contributed by atoms with Crippen molar-refractivity contribution in [1.82, 2.24) is 5.32 Å². The molecule has 0 aromatic carbocycles. The first kappa shape index (κ1) is 7.58. The molecule has 0 aromatic heterocycles. The Hall–Kier alpha value is -0.530. The molecule has 4 heteroatoms. The highest BCUT2D eigenvalue weighted by molar-refractivity contribution is 7.92. The molecular formula is C6H9NO2S. The number of hydrogen-bond donors (Lipinski definition) is 1. The van der Waals surface area contributed by atoms with E-state index in [1.807, 2.05) is 0 Å². The van der Waals surface area contributed by atoms with Crippen molar-refractivity contribution < 1.29 is 8.42 Å². The van der Waals surface area contributed by atoms with Crippen LogP contribution in [0.4, 0.5) is 0 Å². The Balaban J connectivity index is 2.23. The monoisotopic (exact) mass is 159 g/mol. The molecule has 0 saturated carbocycles. The fourth-order valence-electron chi connectivity index (χ4n) is 0.885. The maximum atomic E-state index is 10.6. The molecule has 0 atom stereocenters. The zero-order valence-corrected chi connectivity index (χ0v) is 6.32. The predicted octanol–water partition coefficient (Wildman–Crippen LogP) is -0.994. The van der Waals surface area contributed by atoms with Crippen molar-refractivity contribution in [3.8, 4) is 12.3 Å². The third-order valence-electron chi connectivity index (χ3n) is 1.40. The maximum absolute atomic E-state index is 10.6. The highest BCUT2D eigenvalue weighted by atomic mass is 32.2. The minimum atomic E-state index is -2.69. The lowest BCUT2D eigenvalue weighted by molar-refractivity contribution is 0.529. The predicted molar refractivity (Wildman–Crippen MR) is 39.3 cm³/mol. The van der Waals surface area contributed by atoms with Crippen LogP contribution in [0.25, 0.3) is 0 Å². The molecule has 1 N–H and O–H groups in total. The van der Waals surface area contributed by atoms with E-state index in [1.54, 1.807) is 0 Å². The lowest BCUT2D eigenvalue weighted by Gasteiger charge is -2.25. The normalized spacial score (nSPS) is 23.1. The molecule has 0 bridgehead atoms. The van der Waals surface area contributed by atoms with Gasteiger partial charge in [0, 0.05) is 6.04 Å². The highest BCUT2D eigenvalue weighted by Crippen LogP contribution is 2.09. The molecule has 1 saturated heterocycles. The SMILES string of the molecule is C#CCNC1CS(=O)(=O)C1. The third kappa shape index (κ3) is 1.72. The molecule has 56 valence electrons. The fourth-order valence-corrected chi connectivity index (χ4v) is 2.25. The Labute approximate surface area is 60.7 Å². The van der Waals surface area contributed by atoms with Crippen LogP contribution < -0.4 is 5.32 Å². The van der Waals surface area contributed by atoms with E-state index in [0.29, 0.717) is 6.54 Å². The molecule has 0 spiro atoms. The highest BCUT2D eigenvalue weighted by Gasteiger charge is 2.32. The lowest BCUT2D eigenvalue weighted by atomic mass is 10.4. The average molecular weight is 159 g/mol. The topological polar surface area (TPSA) is 46.2 Å². The van der Waals surface area contributed by atoms with Crippen molar-refractivity contribution in [3.05, 3.63) is 0 Å². The van der Waals surface area contributed by atoms with Crippen LogP contribution in [-0.4, -0.2) is 32.5 Å². The standard InChI is InChI=1S/C6H9NO2S/c1-2-3-7-6-4-10(8,9)5-6/h1,6-7H,3-5H2. The number of hydrogen-bond acceptors (Lipinski definition) is 3. The molecule has 1 aliphatic rings. The number of terminal acetylenes is 1. The summed E-state index contributed by atoms with van der Waals surface area (Å²) in [5, 5.41) is 2.91. The van der Waals surface area contributed by atoms with Crippen LogP contribution in [0.2, 0.25) is 0 Å². The number of sulfone groups is 1. The van der Waals surface area contributed by atoms with E-state index in [9.17, 15) is 8.42 Å². The summed E-state index contributed by atoms with van der Waals surface area (Å²) in [5.74, 6) is 2.88. The van der Waals surface area contributed by atoms with E-state index < -0.39 is 9.84 Å². The van der Waals surface area contributed by atoms with E-state index in [4.69, 9.17) is 6.42 Å². The molecular weight excluding hydrogens is 150 g/mol. The molecule has 1 fully saturated rings. The molecule has 10 heavy (non-hydrogen) atoms. The summed E-state index contributed by atoms with van der Waals surface area (Å²) in [7, 11) is -2.69. The summed E-state index contributed by atoms with van der Waals surface area (Å²) in [6.45, 7) is 0.459. The Bertz CT molecular complexity index is 237. The molecule has 1 rings (SSSR count). The fraction of sp³-hybridized carbons (Fsp3) is 0.667. The molecule has 0 unspecified atom stereocenters. The van der Waals surface area contributed by atoms with E-state index in [2.05, 4.69) is 11.2 Å². The summed E-state index contributed by atoms with van der Waals surface area (Å²) in [6, 6.07) is 0.0982. The van der Waals surface area contributed by atoms with Crippen LogP contribution in [0.1, 0.15) is 0 Å². The van der Waals surface area contributed by atoms with Gasteiger partial charge in [-0.2, -0.15) is 0 Å². The van der Waals surface area contributed by atoms with Crippen LogP contribution in [0, 0.1) is 12.3 Å². The Morgan fingerprint density at radius 2 is 2.20 bits per heavy atom. The van der Waals surface area contributed by atoms with Crippen LogP contribution >= 0.6 is 0 Å². The first-order valence-corrected chi connectivity index (χ1v) is 4.83. The maximum Gasteiger partial charge on any atom is 0.153 e. The van der Waals surface area contributed by atoms with Gasteiger partial charge in [0.05, 0.1) is 18.1 Å². The van der Waals surface area contributed by atoms with Gasteiger partial charge in [-0.05, 0) is 0 Å². The first-order valence-electron chi connectivity index (χ1n) is 3.01. The third-order valence-corrected chi connectivity index (χ3v) is 3.22. The number of rotatable bonds is 2. The van der Waals surface area contributed by atoms with Crippen LogP contribution in [0.15, 0.2) is 0 Å². The molecule has 0 aliphatic carbocycles. The quantitative estimate of drug-likeness (QED) is 0.526. The Kier molecular flexibility index (Phi) is 1.97. The summed E-state index contributed by atoms with van der Waals surface area (Å²) < 4.78 is 21.1. The van der Waals surface area contributed by atoms with E-state index >= 15 is 0 Å². The molecule has 3 nitrogen and oxygen atoms in total. The van der Waals surface area contributed by atoms with Gasteiger partial charge in [-0.1, -0.05) is 5.92 Å². The van der Waals surface area contributed by atoms with Crippen LogP contribution in [0.5, 0.6) is 0 Å². The minimum Gasteiger partial charge on any atom is -0.301 e. The zero-order chi connectivity index (χ0) is 7.61. The molecule has 1 heterocycles. The van der Waals surface area contributed by atoms with Crippen molar-refractivity contribution in [3.63, 3.8) is 0 Å². The molecule has 0 amide bonds. The van der Waals surface area contributed by atoms with Gasteiger partial charge in [0.15, 0.2) is 9.84 Å². The van der Waals surface area contributed by atoms with Gasteiger partial charge in [0.2, 0.25) is 0 Å². The average Bonchev–Trinajstić information content (AvgIpc) is 1.78. The van der Waals surface area contributed by atoms with Crippen molar-refractivity contribution >= 4 is 9.84 Å².